The van der Waals surface area contributed by atoms with E-state index in [2.05, 4.69) is 9.72 Å². The zero-order valence-electron chi connectivity index (χ0n) is 8.62. The van der Waals surface area contributed by atoms with Crippen LogP contribution in [0.5, 0.6) is 0 Å². The molecule has 16 heavy (non-hydrogen) atoms. The lowest BCUT2D eigenvalue weighted by Crippen LogP contribution is -2.04. The third-order valence-electron chi connectivity index (χ3n) is 2.32. The number of halogens is 2. The minimum Gasteiger partial charge on any atom is -0.465 e. The van der Waals surface area contributed by atoms with Gasteiger partial charge in [0.15, 0.2) is 0 Å². The van der Waals surface area contributed by atoms with E-state index in [4.69, 9.17) is 23.2 Å². The molecule has 0 amide bonds. The highest BCUT2D eigenvalue weighted by atomic mass is 35.5. The molecular weight excluding hydrogens is 251 g/mol. The van der Waals surface area contributed by atoms with Crippen LogP contribution in [0.15, 0.2) is 12.1 Å². The van der Waals surface area contributed by atoms with Gasteiger partial charge in [0.2, 0.25) is 5.28 Å². The van der Waals surface area contributed by atoms with Gasteiger partial charge in [-0.15, -0.1) is 0 Å². The van der Waals surface area contributed by atoms with Crippen LogP contribution in [-0.4, -0.2) is 22.6 Å². The molecule has 0 saturated carbocycles. The number of benzene rings is 1. The minimum absolute atomic E-state index is 0.272. The van der Waals surface area contributed by atoms with Crippen molar-refractivity contribution in [3.63, 3.8) is 0 Å². The molecular formula is C10H8Cl2N2O2. The van der Waals surface area contributed by atoms with Crippen LogP contribution in [0.25, 0.3) is 11.0 Å². The number of imidazole rings is 1. The fourth-order valence-electron chi connectivity index (χ4n) is 1.54. The van der Waals surface area contributed by atoms with E-state index in [0.29, 0.717) is 21.6 Å². The molecule has 4 nitrogen and oxygen atoms in total. The summed E-state index contributed by atoms with van der Waals surface area (Å²) >= 11 is 11.9. The summed E-state index contributed by atoms with van der Waals surface area (Å²) in [4.78, 5) is 15.6. The molecule has 0 aliphatic heterocycles. The zero-order valence-corrected chi connectivity index (χ0v) is 10.1. The second-order valence-electron chi connectivity index (χ2n) is 3.22. The predicted molar refractivity (Wildman–Crippen MR) is 62.1 cm³/mol. The van der Waals surface area contributed by atoms with Gasteiger partial charge in [-0.2, -0.15) is 0 Å². The Balaban J connectivity index is 2.86. The smallest absolute Gasteiger partial charge is 0.340 e. The van der Waals surface area contributed by atoms with Crippen LogP contribution in [0.3, 0.4) is 0 Å². The summed E-state index contributed by atoms with van der Waals surface area (Å²) < 4.78 is 6.27. The molecule has 0 bridgehead atoms. The lowest BCUT2D eigenvalue weighted by atomic mass is 10.2. The van der Waals surface area contributed by atoms with Crippen molar-refractivity contribution in [3.05, 3.63) is 28.0 Å². The third kappa shape index (κ3) is 1.54. The van der Waals surface area contributed by atoms with Crippen LogP contribution in [0.4, 0.5) is 0 Å². The second kappa shape index (κ2) is 3.96. The van der Waals surface area contributed by atoms with E-state index in [0.717, 1.165) is 0 Å². The normalized spacial score (nSPS) is 10.8. The molecule has 84 valence electrons. The number of ether oxygens (including phenoxy) is 1. The first-order valence-corrected chi connectivity index (χ1v) is 5.20. The van der Waals surface area contributed by atoms with E-state index in [1.807, 2.05) is 0 Å². The molecule has 1 heterocycles. The number of fused-ring (bicyclic) bond motifs is 1. The van der Waals surface area contributed by atoms with Gasteiger partial charge in [0, 0.05) is 7.05 Å². The number of esters is 1. The molecule has 0 radical (unpaired) electrons. The van der Waals surface area contributed by atoms with Gasteiger partial charge >= 0.3 is 5.97 Å². The van der Waals surface area contributed by atoms with Gasteiger partial charge < -0.3 is 9.30 Å². The Morgan fingerprint density at radius 2 is 2.12 bits per heavy atom. The van der Waals surface area contributed by atoms with Gasteiger partial charge in [0.05, 0.1) is 23.2 Å². The van der Waals surface area contributed by atoms with Crippen molar-refractivity contribution in [2.45, 2.75) is 0 Å². The average Bonchev–Trinajstić information content (AvgIpc) is 2.57. The molecule has 0 spiro atoms. The molecule has 2 rings (SSSR count). The van der Waals surface area contributed by atoms with Crippen molar-refractivity contribution in [3.8, 4) is 0 Å². The molecule has 0 N–H and O–H groups in total. The highest BCUT2D eigenvalue weighted by Crippen LogP contribution is 2.28. The molecule has 1 aromatic heterocycles. The lowest BCUT2D eigenvalue weighted by Gasteiger charge is -2.04. The maximum atomic E-state index is 11.6. The highest BCUT2D eigenvalue weighted by Gasteiger charge is 2.18. The first-order chi connectivity index (χ1) is 7.56. The molecule has 1 aromatic carbocycles. The third-order valence-corrected chi connectivity index (χ3v) is 2.97. The Morgan fingerprint density at radius 3 is 2.75 bits per heavy atom. The summed E-state index contributed by atoms with van der Waals surface area (Å²) in [5, 5.41) is 0.721. The molecule has 0 saturated heterocycles. The Labute approximate surface area is 102 Å². The van der Waals surface area contributed by atoms with Crippen LogP contribution in [0, 0.1) is 0 Å². The average molecular weight is 259 g/mol. The topological polar surface area (TPSA) is 44.1 Å². The van der Waals surface area contributed by atoms with Crippen LogP contribution >= 0.6 is 23.2 Å². The Bertz CT molecular complexity index is 578. The largest absolute Gasteiger partial charge is 0.465 e. The lowest BCUT2D eigenvalue weighted by molar-refractivity contribution is 0.0602. The first kappa shape index (κ1) is 11.2. The zero-order chi connectivity index (χ0) is 11.9. The maximum absolute atomic E-state index is 11.6. The first-order valence-electron chi connectivity index (χ1n) is 4.45. The second-order valence-corrected chi connectivity index (χ2v) is 3.97. The fraction of sp³-hybridized carbons (Fsp3) is 0.200. The quantitative estimate of drug-likeness (QED) is 0.739. The van der Waals surface area contributed by atoms with Gasteiger partial charge in [-0.05, 0) is 23.7 Å². The Kier molecular flexibility index (Phi) is 2.78. The van der Waals surface area contributed by atoms with Crippen molar-refractivity contribution < 1.29 is 9.53 Å². The number of aromatic nitrogens is 2. The monoisotopic (exact) mass is 258 g/mol. The Hall–Kier alpha value is -1.26. The van der Waals surface area contributed by atoms with Crippen LogP contribution in [0.2, 0.25) is 10.3 Å². The van der Waals surface area contributed by atoms with Gasteiger partial charge in [-0.25, -0.2) is 9.78 Å². The van der Waals surface area contributed by atoms with Gasteiger partial charge in [-0.1, -0.05) is 11.6 Å². The van der Waals surface area contributed by atoms with E-state index in [1.165, 1.54) is 7.11 Å². The molecule has 2 aromatic rings. The van der Waals surface area contributed by atoms with Gasteiger partial charge in [0.25, 0.3) is 0 Å². The number of aryl methyl sites for hydroxylation is 1. The van der Waals surface area contributed by atoms with E-state index >= 15 is 0 Å². The summed E-state index contributed by atoms with van der Waals surface area (Å²) in [6, 6.07) is 3.19. The van der Waals surface area contributed by atoms with Crippen molar-refractivity contribution >= 4 is 40.2 Å². The van der Waals surface area contributed by atoms with E-state index in [-0.39, 0.29) is 5.28 Å². The maximum Gasteiger partial charge on any atom is 0.340 e. The fourth-order valence-corrected chi connectivity index (χ4v) is 1.90. The van der Waals surface area contributed by atoms with Crippen LogP contribution in [0.1, 0.15) is 10.4 Å². The number of carbonyl (C=O) groups excluding carboxylic acids is 1. The number of hydrogen-bond donors (Lipinski definition) is 0. The number of carbonyl (C=O) groups is 1. The SMILES string of the molecule is COC(=O)c1ccc(Cl)c2nc(Cl)n(C)c12. The molecule has 0 fully saturated rings. The molecule has 6 heteroatoms. The minimum atomic E-state index is -0.443. The number of hydrogen-bond acceptors (Lipinski definition) is 3. The molecule has 0 unspecified atom stereocenters. The molecule has 0 atom stereocenters. The van der Waals surface area contributed by atoms with Gasteiger partial charge in [0.1, 0.15) is 5.52 Å². The Morgan fingerprint density at radius 1 is 1.44 bits per heavy atom. The van der Waals surface area contributed by atoms with Crippen LogP contribution in [-0.2, 0) is 11.8 Å². The van der Waals surface area contributed by atoms with Crippen molar-refractivity contribution in [1.29, 1.82) is 0 Å². The highest BCUT2D eigenvalue weighted by molar-refractivity contribution is 6.36. The molecule has 0 aliphatic carbocycles. The predicted octanol–water partition coefficient (Wildman–Crippen LogP) is 2.67. The van der Waals surface area contributed by atoms with Crippen LogP contribution < -0.4 is 0 Å². The number of methoxy groups -OCH3 is 1. The molecule has 0 aliphatic rings. The summed E-state index contributed by atoms with van der Waals surface area (Å²) in [5.74, 6) is -0.443. The van der Waals surface area contributed by atoms with Crippen molar-refractivity contribution in [2.75, 3.05) is 7.11 Å². The van der Waals surface area contributed by atoms with Crippen molar-refractivity contribution in [1.82, 2.24) is 9.55 Å². The van der Waals surface area contributed by atoms with E-state index in [9.17, 15) is 4.79 Å². The van der Waals surface area contributed by atoms with E-state index in [1.54, 1.807) is 23.7 Å². The van der Waals surface area contributed by atoms with Gasteiger partial charge in [-0.3, -0.25) is 0 Å². The standard InChI is InChI=1S/C10H8Cl2N2O2/c1-14-8-5(9(15)16-2)3-4-6(11)7(8)13-10(14)12/h3-4H,1-2H3. The van der Waals surface area contributed by atoms with Crippen molar-refractivity contribution in [2.24, 2.45) is 7.05 Å². The summed E-state index contributed by atoms with van der Waals surface area (Å²) in [6.45, 7) is 0. The summed E-state index contributed by atoms with van der Waals surface area (Å²) in [5.41, 5.74) is 1.46. The van der Waals surface area contributed by atoms with E-state index < -0.39 is 5.97 Å². The number of nitrogens with zero attached hydrogens (tertiary/aromatic N) is 2. The number of rotatable bonds is 1. The summed E-state index contributed by atoms with van der Waals surface area (Å²) in [7, 11) is 3.03. The summed E-state index contributed by atoms with van der Waals surface area (Å²) in [6.07, 6.45) is 0.